The van der Waals surface area contributed by atoms with Gasteiger partial charge in [0.2, 0.25) is 15.9 Å². The Morgan fingerprint density at radius 3 is 2.48 bits per heavy atom. The van der Waals surface area contributed by atoms with Crippen molar-refractivity contribution in [3.05, 3.63) is 28.8 Å². The van der Waals surface area contributed by atoms with Crippen molar-refractivity contribution in [2.24, 2.45) is 0 Å². The van der Waals surface area contributed by atoms with Crippen molar-refractivity contribution in [3.63, 3.8) is 0 Å². The second-order valence-corrected chi connectivity index (χ2v) is 8.16. The number of hydrogen-bond donors (Lipinski definition) is 1. The summed E-state index contributed by atoms with van der Waals surface area (Å²) >= 11 is 6.00. The Morgan fingerprint density at radius 1 is 1.35 bits per heavy atom. The van der Waals surface area contributed by atoms with E-state index in [1.807, 2.05) is 13.8 Å². The monoisotopic (exact) mass is 360 g/mol. The standard InChI is InChI=1S/C16H25ClN2O3S/c1-6-7-12(3)18-16(20)13(4)19(23(5,21)22)15-10-14(17)9-8-11(15)2/h8-10,12-13H,6-7H2,1-5H3,(H,18,20)/t12-,13+/m1/s1. The van der Waals surface area contributed by atoms with Crippen molar-refractivity contribution in [3.8, 4) is 0 Å². The van der Waals surface area contributed by atoms with E-state index in [2.05, 4.69) is 5.32 Å². The second-order valence-electron chi connectivity index (χ2n) is 5.86. The molecule has 0 aromatic heterocycles. The van der Waals surface area contributed by atoms with E-state index in [0.29, 0.717) is 10.7 Å². The van der Waals surface area contributed by atoms with Gasteiger partial charge in [-0.1, -0.05) is 31.0 Å². The number of anilines is 1. The molecule has 1 rings (SSSR count). The molecule has 1 N–H and O–H groups in total. The van der Waals surface area contributed by atoms with E-state index >= 15 is 0 Å². The Bertz CT molecular complexity index is 661. The average molecular weight is 361 g/mol. The number of hydrogen-bond acceptors (Lipinski definition) is 3. The first-order valence-corrected chi connectivity index (χ1v) is 9.86. The summed E-state index contributed by atoms with van der Waals surface area (Å²) in [5, 5.41) is 3.28. The molecule has 7 heteroatoms. The Kier molecular flexibility index (Phi) is 6.89. The van der Waals surface area contributed by atoms with Crippen molar-refractivity contribution >= 4 is 33.2 Å². The summed E-state index contributed by atoms with van der Waals surface area (Å²) in [6, 6.07) is 4.13. The minimum Gasteiger partial charge on any atom is -0.352 e. The van der Waals surface area contributed by atoms with Gasteiger partial charge in [-0.25, -0.2) is 8.42 Å². The number of carbonyl (C=O) groups excluding carboxylic acids is 1. The molecule has 5 nitrogen and oxygen atoms in total. The molecular weight excluding hydrogens is 336 g/mol. The molecule has 0 saturated heterocycles. The van der Waals surface area contributed by atoms with Crippen molar-refractivity contribution in [2.45, 2.75) is 52.6 Å². The maximum atomic E-state index is 12.4. The molecule has 0 bridgehead atoms. The molecule has 0 aliphatic heterocycles. The zero-order valence-corrected chi connectivity index (χ0v) is 15.8. The van der Waals surface area contributed by atoms with Crippen molar-refractivity contribution in [1.82, 2.24) is 5.32 Å². The molecule has 0 aliphatic carbocycles. The van der Waals surface area contributed by atoms with E-state index < -0.39 is 16.1 Å². The van der Waals surface area contributed by atoms with Gasteiger partial charge in [0.15, 0.2) is 0 Å². The number of amides is 1. The summed E-state index contributed by atoms with van der Waals surface area (Å²) in [6.45, 7) is 7.30. The number of nitrogens with zero attached hydrogens (tertiary/aromatic N) is 1. The number of aryl methyl sites for hydroxylation is 1. The van der Waals surface area contributed by atoms with Crippen LogP contribution in [-0.4, -0.2) is 32.7 Å². The fourth-order valence-electron chi connectivity index (χ4n) is 2.47. The molecule has 0 fully saturated rings. The summed E-state index contributed by atoms with van der Waals surface area (Å²) in [4.78, 5) is 12.4. The highest BCUT2D eigenvalue weighted by Crippen LogP contribution is 2.28. The van der Waals surface area contributed by atoms with Crippen LogP contribution in [0.25, 0.3) is 0 Å². The van der Waals surface area contributed by atoms with E-state index in [-0.39, 0.29) is 11.9 Å². The minimum atomic E-state index is -3.64. The highest BCUT2D eigenvalue weighted by atomic mass is 35.5. The molecule has 23 heavy (non-hydrogen) atoms. The van der Waals surface area contributed by atoms with Crippen LogP contribution in [0.1, 0.15) is 39.2 Å². The molecule has 0 aliphatic rings. The van der Waals surface area contributed by atoms with Crippen LogP contribution < -0.4 is 9.62 Å². The Balaban J connectivity index is 3.17. The van der Waals surface area contributed by atoms with Crippen molar-refractivity contribution in [2.75, 3.05) is 10.6 Å². The van der Waals surface area contributed by atoms with Gasteiger partial charge in [0.1, 0.15) is 6.04 Å². The van der Waals surface area contributed by atoms with Gasteiger partial charge in [0, 0.05) is 11.1 Å². The fraction of sp³-hybridized carbons (Fsp3) is 0.562. The molecule has 1 aromatic rings. The summed E-state index contributed by atoms with van der Waals surface area (Å²) in [5.74, 6) is -0.323. The van der Waals surface area contributed by atoms with Crippen LogP contribution in [0, 0.1) is 6.92 Å². The van der Waals surface area contributed by atoms with Gasteiger partial charge in [-0.3, -0.25) is 9.10 Å². The third-order valence-corrected chi connectivity index (χ3v) is 5.07. The Hall–Kier alpha value is -1.27. The highest BCUT2D eigenvalue weighted by Gasteiger charge is 2.30. The van der Waals surface area contributed by atoms with Crippen molar-refractivity contribution < 1.29 is 13.2 Å². The normalized spacial score (nSPS) is 14.2. The van der Waals surface area contributed by atoms with Gasteiger partial charge >= 0.3 is 0 Å². The predicted molar refractivity (Wildman–Crippen MR) is 95.5 cm³/mol. The SMILES string of the molecule is CCC[C@@H](C)NC(=O)[C@H](C)N(c1cc(Cl)ccc1C)S(C)(=O)=O. The number of rotatable bonds is 7. The van der Waals surface area contributed by atoms with Crippen LogP contribution in [-0.2, 0) is 14.8 Å². The van der Waals surface area contributed by atoms with Gasteiger partial charge in [0.05, 0.1) is 11.9 Å². The maximum Gasteiger partial charge on any atom is 0.243 e. The number of halogens is 1. The zero-order valence-electron chi connectivity index (χ0n) is 14.3. The van der Waals surface area contributed by atoms with Gasteiger partial charge in [0.25, 0.3) is 0 Å². The van der Waals surface area contributed by atoms with Crippen molar-refractivity contribution in [1.29, 1.82) is 0 Å². The molecule has 0 saturated carbocycles. The number of carbonyl (C=O) groups is 1. The van der Waals surface area contributed by atoms with Crippen LogP contribution in [0.4, 0.5) is 5.69 Å². The summed E-state index contributed by atoms with van der Waals surface area (Å²) in [5.41, 5.74) is 1.16. The number of benzene rings is 1. The first kappa shape index (κ1) is 19.8. The lowest BCUT2D eigenvalue weighted by Crippen LogP contribution is -2.50. The lowest BCUT2D eigenvalue weighted by Gasteiger charge is -2.30. The van der Waals surface area contributed by atoms with E-state index in [9.17, 15) is 13.2 Å². The average Bonchev–Trinajstić information content (AvgIpc) is 2.41. The molecule has 0 heterocycles. The van der Waals surface area contributed by atoms with Crippen LogP contribution in [0.15, 0.2) is 18.2 Å². The fourth-order valence-corrected chi connectivity index (χ4v) is 3.86. The lowest BCUT2D eigenvalue weighted by atomic mass is 10.1. The van der Waals surface area contributed by atoms with Crippen LogP contribution >= 0.6 is 11.6 Å². The zero-order chi connectivity index (χ0) is 17.8. The Labute approximate surface area is 144 Å². The highest BCUT2D eigenvalue weighted by molar-refractivity contribution is 7.92. The number of nitrogens with one attached hydrogen (secondary N) is 1. The smallest absolute Gasteiger partial charge is 0.243 e. The minimum absolute atomic E-state index is 0.00295. The van der Waals surface area contributed by atoms with E-state index in [4.69, 9.17) is 11.6 Å². The van der Waals surface area contributed by atoms with Crippen LogP contribution in [0.5, 0.6) is 0 Å². The van der Waals surface area contributed by atoms with Crippen LogP contribution in [0.3, 0.4) is 0 Å². The molecule has 2 atom stereocenters. The Morgan fingerprint density at radius 2 is 1.96 bits per heavy atom. The third kappa shape index (κ3) is 5.39. The molecule has 0 spiro atoms. The summed E-state index contributed by atoms with van der Waals surface area (Å²) in [6.07, 6.45) is 2.87. The first-order chi connectivity index (χ1) is 10.6. The van der Waals surface area contributed by atoms with Gasteiger partial charge in [-0.15, -0.1) is 0 Å². The van der Waals surface area contributed by atoms with Gasteiger partial charge < -0.3 is 5.32 Å². The molecule has 130 valence electrons. The van der Waals surface area contributed by atoms with Crippen LogP contribution in [0.2, 0.25) is 5.02 Å². The van der Waals surface area contributed by atoms with E-state index in [1.54, 1.807) is 32.0 Å². The lowest BCUT2D eigenvalue weighted by molar-refractivity contribution is -0.122. The van der Waals surface area contributed by atoms with Gasteiger partial charge in [-0.05, 0) is 44.9 Å². The second kappa shape index (κ2) is 8.02. The summed E-state index contributed by atoms with van der Waals surface area (Å²) in [7, 11) is -3.64. The number of sulfonamides is 1. The maximum absolute atomic E-state index is 12.4. The molecule has 1 amide bonds. The van der Waals surface area contributed by atoms with Gasteiger partial charge in [-0.2, -0.15) is 0 Å². The first-order valence-electron chi connectivity index (χ1n) is 7.63. The molecule has 1 aromatic carbocycles. The van der Waals surface area contributed by atoms with E-state index in [1.165, 1.54) is 0 Å². The quantitative estimate of drug-likeness (QED) is 0.812. The molecular formula is C16H25ClN2O3S. The third-order valence-electron chi connectivity index (χ3n) is 3.61. The van der Waals surface area contributed by atoms with E-state index in [0.717, 1.165) is 29.0 Å². The largest absolute Gasteiger partial charge is 0.352 e. The topological polar surface area (TPSA) is 66.5 Å². The molecule has 0 unspecified atom stereocenters. The molecule has 0 radical (unpaired) electrons. The summed E-state index contributed by atoms with van der Waals surface area (Å²) < 4.78 is 25.6. The predicted octanol–water partition coefficient (Wildman–Crippen LogP) is 3.11.